The molecular weight excluding hydrogens is 507 g/mol. The lowest BCUT2D eigenvalue weighted by Gasteiger charge is -2.38. The van der Waals surface area contributed by atoms with Crippen LogP contribution in [-0.4, -0.2) is 4.57 Å². The van der Waals surface area contributed by atoms with Crippen LogP contribution in [0.25, 0.3) is 27.5 Å². The molecule has 40 heavy (non-hydrogen) atoms. The molecule has 1 aromatic heterocycles. The van der Waals surface area contributed by atoms with Crippen LogP contribution in [0.4, 0.5) is 17.1 Å². The molecule has 8 rings (SSSR count). The lowest BCUT2D eigenvalue weighted by atomic mass is 10.1. The number of benzene rings is 6. The van der Waals surface area contributed by atoms with Crippen LogP contribution in [0.2, 0.25) is 0 Å². The second kappa shape index (κ2) is 8.84. The van der Waals surface area contributed by atoms with Crippen molar-refractivity contribution in [3.63, 3.8) is 0 Å². The summed E-state index contributed by atoms with van der Waals surface area (Å²) in [6.07, 6.45) is 0. The summed E-state index contributed by atoms with van der Waals surface area (Å²) in [7, 11) is -3.08. The number of hydrogen-bond acceptors (Lipinski definition) is 2. The van der Waals surface area contributed by atoms with E-state index in [0.29, 0.717) is 0 Å². The Morgan fingerprint density at radius 3 is 1.57 bits per heavy atom. The van der Waals surface area contributed by atoms with E-state index in [4.69, 9.17) is 0 Å². The third-order valence-corrected chi connectivity index (χ3v) is 11.1. The van der Waals surface area contributed by atoms with Crippen LogP contribution in [0.15, 0.2) is 152 Å². The minimum Gasteiger partial charge on any atom is -0.309 e. The molecule has 0 atom stereocenters. The first-order valence-corrected chi connectivity index (χ1v) is 15.2. The summed E-state index contributed by atoms with van der Waals surface area (Å²) in [5, 5.41) is 5.06. The zero-order valence-corrected chi connectivity index (χ0v) is 22.6. The van der Waals surface area contributed by atoms with E-state index < -0.39 is 7.14 Å². The normalized spacial score (nSPS) is 13.8. The van der Waals surface area contributed by atoms with Gasteiger partial charge in [0.05, 0.1) is 22.4 Å². The summed E-state index contributed by atoms with van der Waals surface area (Å²) in [5.41, 5.74) is 6.36. The molecule has 4 heteroatoms. The van der Waals surface area contributed by atoms with Gasteiger partial charge in [-0.05, 0) is 54.6 Å². The molecule has 6 aromatic carbocycles. The average Bonchev–Trinajstić information content (AvgIpc) is 3.36. The fraction of sp³-hybridized carbons (Fsp3) is 0. The Labute approximate surface area is 232 Å². The highest BCUT2D eigenvalue weighted by molar-refractivity contribution is 7.86. The highest BCUT2D eigenvalue weighted by Gasteiger charge is 2.40. The Bertz CT molecular complexity index is 2010. The van der Waals surface area contributed by atoms with Gasteiger partial charge >= 0.3 is 0 Å². The Balaban J connectivity index is 1.38. The monoisotopic (exact) mass is 532 g/mol. The van der Waals surface area contributed by atoms with E-state index in [1.54, 1.807) is 0 Å². The fourth-order valence-corrected chi connectivity index (χ4v) is 9.26. The van der Waals surface area contributed by atoms with Gasteiger partial charge in [0, 0.05) is 38.1 Å². The summed E-state index contributed by atoms with van der Waals surface area (Å²) in [4.78, 5) is 2.27. The molecule has 7 aromatic rings. The van der Waals surface area contributed by atoms with Crippen molar-refractivity contribution in [3.8, 4) is 5.69 Å². The van der Waals surface area contributed by atoms with Crippen molar-refractivity contribution in [3.05, 3.63) is 152 Å². The number of aromatic nitrogens is 1. The Kier molecular flexibility index (Phi) is 5.10. The minimum absolute atomic E-state index is 0.855. The van der Waals surface area contributed by atoms with Crippen molar-refractivity contribution in [2.24, 2.45) is 0 Å². The number of nitrogens with zero attached hydrogens (tertiary/aromatic N) is 2. The maximum atomic E-state index is 15.2. The molecule has 0 unspecified atom stereocenters. The van der Waals surface area contributed by atoms with E-state index in [1.807, 2.05) is 66.7 Å². The third kappa shape index (κ3) is 3.22. The van der Waals surface area contributed by atoms with Gasteiger partial charge in [-0.1, -0.05) is 97.1 Å². The molecule has 0 N–H and O–H groups in total. The summed E-state index contributed by atoms with van der Waals surface area (Å²) < 4.78 is 17.5. The van der Waals surface area contributed by atoms with Crippen molar-refractivity contribution >= 4 is 61.9 Å². The number of rotatable bonds is 3. The minimum atomic E-state index is -3.08. The van der Waals surface area contributed by atoms with Crippen molar-refractivity contribution in [2.45, 2.75) is 0 Å². The summed E-state index contributed by atoms with van der Waals surface area (Å²) in [6.45, 7) is 0. The molecule has 0 fully saturated rings. The topological polar surface area (TPSA) is 25.2 Å². The van der Waals surface area contributed by atoms with Gasteiger partial charge in [0.2, 0.25) is 0 Å². The van der Waals surface area contributed by atoms with Crippen LogP contribution < -0.4 is 20.8 Å². The second-order valence-electron chi connectivity index (χ2n) is 10.1. The summed E-state index contributed by atoms with van der Waals surface area (Å²) in [5.74, 6) is 0. The molecule has 0 radical (unpaired) electrons. The van der Waals surface area contributed by atoms with Crippen LogP contribution in [0, 0.1) is 0 Å². The standard InChI is InChI=1S/C36H25N2OP/c39-40(28-15-2-1-3-16-28)35-23-10-8-21-33(35)38(34-22-9-11-24-36(34)40)27-14-12-13-26(25-27)37-31-19-6-4-17-29(31)30-18-5-7-20-32(30)37/h1-25H. The van der Waals surface area contributed by atoms with E-state index in [2.05, 4.69) is 94.4 Å². The zero-order valence-electron chi connectivity index (χ0n) is 21.7. The van der Waals surface area contributed by atoms with Crippen molar-refractivity contribution in [1.29, 1.82) is 0 Å². The van der Waals surface area contributed by atoms with Gasteiger partial charge in [-0.15, -0.1) is 0 Å². The molecule has 1 aliphatic heterocycles. The van der Waals surface area contributed by atoms with Crippen molar-refractivity contribution in [1.82, 2.24) is 4.57 Å². The molecular formula is C36H25N2OP. The molecule has 190 valence electrons. The number of para-hydroxylation sites is 4. The third-order valence-electron chi connectivity index (χ3n) is 7.97. The van der Waals surface area contributed by atoms with Gasteiger partial charge in [0.1, 0.15) is 0 Å². The number of hydrogen-bond donors (Lipinski definition) is 0. The second-order valence-corrected chi connectivity index (χ2v) is 12.8. The predicted octanol–water partition coefficient (Wildman–Crippen LogP) is 8.21. The smallest absolute Gasteiger partial charge is 0.175 e. The maximum absolute atomic E-state index is 15.2. The summed E-state index contributed by atoms with van der Waals surface area (Å²) >= 11 is 0. The highest BCUT2D eigenvalue weighted by atomic mass is 31.2. The summed E-state index contributed by atoms with van der Waals surface area (Å²) in [6, 6.07) is 52.0. The van der Waals surface area contributed by atoms with E-state index in [-0.39, 0.29) is 0 Å². The van der Waals surface area contributed by atoms with Crippen molar-refractivity contribution in [2.75, 3.05) is 4.90 Å². The Morgan fingerprint density at radius 2 is 0.950 bits per heavy atom. The maximum Gasteiger partial charge on any atom is 0.175 e. The largest absolute Gasteiger partial charge is 0.309 e. The van der Waals surface area contributed by atoms with Gasteiger partial charge in [-0.3, -0.25) is 0 Å². The van der Waals surface area contributed by atoms with Crippen LogP contribution in [-0.2, 0) is 4.57 Å². The molecule has 0 bridgehead atoms. The van der Waals surface area contributed by atoms with E-state index in [0.717, 1.165) is 38.7 Å². The zero-order chi connectivity index (χ0) is 26.7. The number of anilines is 3. The Morgan fingerprint density at radius 1 is 0.450 bits per heavy atom. The fourth-order valence-electron chi connectivity index (χ4n) is 6.26. The van der Waals surface area contributed by atoms with Crippen LogP contribution in [0.3, 0.4) is 0 Å². The van der Waals surface area contributed by atoms with Gasteiger partial charge in [-0.25, -0.2) is 0 Å². The van der Waals surface area contributed by atoms with Gasteiger partial charge in [0.15, 0.2) is 7.14 Å². The lowest BCUT2D eigenvalue weighted by Crippen LogP contribution is -2.36. The van der Waals surface area contributed by atoms with Gasteiger partial charge in [-0.2, -0.15) is 0 Å². The molecule has 0 spiro atoms. The van der Waals surface area contributed by atoms with E-state index in [9.17, 15) is 0 Å². The lowest BCUT2D eigenvalue weighted by molar-refractivity contribution is 0.592. The van der Waals surface area contributed by atoms with Crippen LogP contribution in [0.1, 0.15) is 0 Å². The van der Waals surface area contributed by atoms with E-state index in [1.165, 1.54) is 21.8 Å². The molecule has 0 saturated heterocycles. The molecule has 2 heterocycles. The first-order valence-electron chi connectivity index (χ1n) is 13.5. The average molecular weight is 533 g/mol. The highest BCUT2D eigenvalue weighted by Crippen LogP contribution is 2.54. The predicted molar refractivity (Wildman–Crippen MR) is 168 cm³/mol. The van der Waals surface area contributed by atoms with Gasteiger partial charge in [0.25, 0.3) is 0 Å². The molecule has 3 nitrogen and oxygen atoms in total. The van der Waals surface area contributed by atoms with Crippen molar-refractivity contribution < 1.29 is 4.57 Å². The Hall–Kier alpha value is -4.85. The molecule has 0 aliphatic carbocycles. The van der Waals surface area contributed by atoms with Crippen LogP contribution >= 0.6 is 7.14 Å². The molecule has 1 aliphatic rings. The first-order chi connectivity index (χ1) is 19.7. The van der Waals surface area contributed by atoms with Crippen LogP contribution in [0.5, 0.6) is 0 Å². The number of fused-ring (bicyclic) bond motifs is 5. The quantitative estimate of drug-likeness (QED) is 0.214. The molecule has 0 saturated carbocycles. The first kappa shape index (κ1) is 23.1. The van der Waals surface area contributed by atoms with E-state index >= 15 is 4.57 Å². The SMILES string of the molecule is O=P1(c2ccccc2)c2ccccc2N(c2cccc(-n3c4ccccc4c4ccccc43)c2)c2ccccc21. The van der Waals surface area contributed by atoms with Gasteiger partial charge < -0.3 is 14.0 Å². The molecule has 0 amide bonds.